The third kappa shape index (κ3) is 5.02. The zero-order valence-corrected chi connectivity index (χ0v) is 14.2. The van der Waals surface area contributed by atoms with E-state index in [0.29, 0.717) is 6.04 Å². The van der Waals surface area contributed by atoms with Crippen LogP contribution in [0.5, 0.6) is 0 Å². The smallest absolute Gasteiger partial charge is 0.410 e. The van der Waals surface area contributed by atoms with Gasteiger partial charge < -0.3 is 9.64 Å². The van der Waals surface area contributed by atoms with Gasteiger partial charge in [-0.2, -0.15) is 0 Å². The van der Waals surface area contributed by atoms with E-state index in [1.807, 2.05) is 31.7 Å². The van der Waals surface area contributed by atoms with E-state index in [4.69, 9.17) is 4.74 Å². The van der Waals surface area contributed by atoms with Crippen molar-refractivity contribution < 1.29 is 9.53 Å². The Hall–Kier alpha value is -1.55. The molecule has 0 saturated carbocycles. The molecule has 2 rings (SSSR count). The Balaban J connectivity index is 1.95. The van der Waals surface area contributed by atoms with Gasteiger partial charge in [0, 0.05) is 32.2 Å². The molecule has 0 spiro atoms. The number of nitrogens with zero attached hydrogens (tertiary/aromatic N) is 2. The Morgan fingerprint density at radius 3 is 2.55 bits per heavy atom. The summed E-state index contributed by atoms with van der Waals surface area (Å²) in [6, 6.07) is 10.8. The Bertz CT molecular complexity index is 482. The first-order chi connectivity index (χ1) is 10.3. The van der Waals surface area contributed by atoms with Crippen LogP contribution in [0, 0.1) is 0 Å². The molecule has 4 nitrogen and oxygen atoms in total. The molecule has 0 aromatic heterocycles. The number of ether oxygens (including phenoxy) is 1. The van der Waals surface area contributed by atoms with Gasteiger partial charge in [0.15, 0.2) is 0 Å². The Morgan fingerprint density at radius 1 is 1.23 bits per heavy atom. The van der Waals surface area contributed by atoms with Gasteiger partial charge in [-0.3, -0.25) is 4.90 Å². The minimum Gasteiger partial charge on any atom is -0.444 e. The molecule has 1 aliphatic rings. The average Bonchev–Trinajstić information content (AvgIpc) is 2.61. The first-order valence-electron chi connectivity index (χ1n) is 8.11. The Morgan fingerprint density at radius 2 is 1.91 bits per heavy atom. The van der Waals surface area contributed by atoms with Crippen molar-refractivity contribution in [2.24, 2.45) is 0 Å². The number of rotatable bonds is 2. The molecule has 0 radical (unpaired) electrons. The van der Waals surface area contributed by atoms with Crippen LogP contribution in [0.2, 0.25) is 0 Å². The maximum atomic E-state index is 12.3. The summed E-state index contributed by atoms with van der Waals surface area (Å²) in [5.41, 5.74) is 0.885. The van der Waals surface area contributed by atoms with E-state index < -0.39 is 5.60 Å². The monoisotopic (exact) mass is 304 g/mol. The molecule has 1 unspecified atom stereocenters. The fourth-order valence-corrected chi connectivity index (χ4v) is 2.76. The molecule has 1 saturated heterocycles. The number of carbonyl (C=O) groups is 1. The summed E-state index contributed by atoms with van der Waals surface area (Å²) < 4.78 is 5.50. The highest BCUT2D eigenvalue weighted by molar-refractivity contribution is 5.68. The van der Waals surface area contributed by atoms with Crippen LogP contribution in [-0.4, -0.2) is 47.2 Å². The molecule has 4 heteroatoms. The summed E-state index contributed by atoms with van der Waals surface area (Å²) in [7, 11) is 0. The molecule has 1 amide bonds. The highest BCUT2D eigenvalue weighted by Gasteiger charge is 2.27. The predicted octanol–water partition coefficient (Wildman–Crippen LogP) is 3.52. The van der Waals surface area contributed by atoms with Crippen LogP contribution in [0.3, 0.4) is 0 Å². The molecule has 122 valence electrons. The standard InChI is InChI=1S/C18H28N2O2/c1-15-13-20(17(21)22-18(2,3)4)12-8-11-19(15)14-16-9-6-5-7-10-16/h5-7,9-10,15H,8,11-14H2,1-4H3. The van der Waals surface area contributed by atoms with Gasteiger partial charge in [-0.05, 0) is 39.7 Å². The lowest BCUT2D eigenvalue weighted by Crippen LogP contribution is -2.42. The van der Waals surface area contributed by atoms with Crippen molar-refractivity contribution in [2.45, 2.75) is 52.3 Å². The van der Waals surface area contributed by atoms with Crippen molar-refractivity contribution in [1.82, 2.24) is 9.80 Å². The quantitative estimate of drug-likeness (QED) is 0.838. The second kappa shape index (κ2) is 7.14. The van der Waals surface area contributed by atoms with Gasteiger partial charge in [-0.15, -0.1) is 0 Å². The molecular formula is C18H28N2O2. The summed E-state index contributed by atoms with van der Waals surface area (Å²) in [5.74, 6) is 0. The van der Waals surface area contributed by atoms with Crippen LogP contribution in [0.1, 0.15) is 39.7 Å². The SMILES string of the molecule is CC1CN(C(=O)OC(C)(C)C)CCCN1Cc1ccccc1. The fourth-order valence-electron chi connectivity index (χ4n) is 2.76. The predicted molar refractivity (Wildman–Crippen MR) is 88.7 cm³/mol. The number of hydrogen-bond acceptors (Lipinski definition) is 3. The number of benzene rings is 1. The minimum absolute atomic E-state index is 0.194. The van der Waals surface area contributed by atoms with E-state index in [2.05, 4.69) is 36.1 Å². The number of amides is 1. The van der Waals surface area contributed by atoms with Crippen LogP contribution in [0.25, 0.3) is 0 Å². The van der Waals surface area contributed by atoms with Crippen molar-refractivity contribution in [3.8, 4) is 0 Å². The van der Waals surface area contributed by atoms with Crippen molar-refractivity contribution in [2.75, 3.05) is 19.6 Å². The zero-order chi connectivity index (χ0) is 16.2. The number of carbonyl (C=O) groups excluding carboxylic acids is 1. The van der Waals surface area contributed by atoms with Crippen LogP contribution >= 0.6 is 0 Å². The van der Waals surface area contributed by atoms with Crippen molar-refractivity contribution >= 4 is 6.09 Å². The summed E-state index contributed by atoms with van der Waals surface area (Å²) in [6.07, 6.45) is 0.789. The molecular weight excluding hydrogens is 276 g/mol. The molecule has 1 aliphatic heterocycles. The van der Waals surface area contributed by atoms with Crippen molar-refractivity contribution in [3.63, 3.8) is 0 Å². The van der Waals surface area contributed by atoms with Gasteiger partial charge in [-0.25, -0.2) is 4.79 Å². The second-order valence-electron chi connectivity index (χ2n) is 7.09. The Labute approximate surface area is 134 Å². The molecule has 0 N–H and O–H groups in total. The lowest BCUT2D eigenvalue weighted by Gasteiger charge is -2.30. The summed E-state index contributed by atoms with van der Waals surface area (Å²) in [4.78, 5) is 16.6. The maximum absolute atomic E-state index is 12.3. The summed E-state index contributed by atoms with van der Waals surface area (Å²) in [5, 5.41) is 0. The lowest BCUT2D eigenvalue weighted by atomic mass is 10.2. The van der Waals surface area contributed by atoms with Gasteiger partial charge in [-0.1, -0.05) is 30.3 Å². The average molecular weight is 304 g/mol. The summed E-state index contributed by atoms with van der Waals surface area (Å²) >= 11 is 0. The zero-order valence-electron chi connectivity index (χ0n) is 14.2. The minimum atomic E-state index is -0.434. The van der Waals surface area contributed by atoms with Gasteiger partial charge in [0.25, 0.3) is 0 Å². The molecule has 1 aromatic rings. The second-order valence-corrected chi connectivity index (χ2v) is 7.09. The van der Waals surface area contributed by atoms with Gasteiger partial charge in [0.1, 0.15) is 5.60 Å². The van der Waals surface area contributed by atoms with E-state index in [-0.39, 0.29) is 6.09 Å². The molecule has 1 heterocycles. The van der Waals surface area contributed by atoms with E-state index in [1.54, 1.807) is 0 Å². The largest absolute Gasteiger partial charge is 0.444 e. The molecule has 1 atom stereocenters. The van der Waals surface area contributed by atoms with E-state index in [0.717, 1.165) is 32.6 Å². The van der Waals surface area contributed by atoms with Gasteiger partial charge >= 0.3 is 6.09 Å². The van der Waals surface area contributed by atoms with Crippen LogP contribution in [-0.2, 0) is 11.3 Å². The topological polar surface area (TPSA) is 32.8 Å². The summed E-state index contributed by atoms with van der Waals surface area (Å²) in [6.45, 7) is 11.4. The van der Waals surface area contributed by atoms with Crippen molar-refractivity contribution in [3.05, 3.63) is 35.9 Å². The molecule has 0 bridgehead atoms. The van der Waals surface area contributed by atoms with Crippen molar-refractivity contribution in [1.29, 1.82) is 0 Å². The first kappa shape index (κ1) is 16.8. The highest BCUT2D eigenvalue weighted by atomic mass is 16.6. The van der Waals surface area contributed by atoms with E-state index >= 15 is 0 Å². The first-order valence-corrected chi connectivity index (χ1v) is 8.11. The van der Waals surface area contributed by atoms with Crippen LogP contribution < -0.4 is 0 Å². The molecule has 1 aromatic carbocycles. The number of hydrogen-bond donors (Lipinski definition) is 0. The van der Waals surface area contributed by atoms with Crippen LogP contribution in [0.4, 0.5) is 4.79 Å². The molecule has 1 fully saturated rings. The van der Waals surface area contributed by atoms with E-state index in [9.17, 15) is 4.79 Å². The maximum Gasteiger partial charge on any atom is 0.410 e. The van der Waals surface area contributed by atoms with Gasteiger partial charge in [0.05, 0.1) is 0 Å². The van der Waals surface area contributed by atoms with Gasteiger partial charge in [0.2, 0.25) is 0 Å². The molecule has 0 aliphatic carbocycles. The third-order valence-corrected chi connectivity index (χ3v) is 3.86. The fraction of sp³-hybridized carbons (Fsp3) is 0.611. The van der Waals surface area contributed by atoms with E-state index in [1.165, 1.54) is 5.56 Å². The molecule has 22 heavy (non-hydrogen) atoms. The highest BCUT2D eigenvalue weighted by Crippen LogP contribution is 2.17. The lowest BCUT2D eigenvalue weighted by molar-refractivity contribution is 0.0235. The Kier molecular flexibility index (Phi) is 5.46. The normalized spacial score (nSPS) is 20.5. The third-order valence-electron chi connectivity index (χ3n) is 3.86. The van der Waals surface area contributed by atoms with Crippen LogP contribution in [0.15, 0.2) is 30.3 Å².